The molecule has 0 saturated carbocycles. The summed E-state index contributed by atoms with van der Waals surface area (Å²) in [4.78, 5) is 9.05. The number of guanidine groups is 1. The molecular formula is C14H31N5O. The molecule has 0 bridgehead atoms. The standard InChI is InChI=1S/C14H31N5O/c1-5-20-10-6-7-16-14(15-2)17-11-13-12-18(3)8-9-19(13)4/h13H,5-12H2,1-4H3,(H2,15,16,17). The molecule has 1 aliphatic heterocycles. The first kappa shape index (κ1) is 17.2. The minimum atomic E-state index is 0.538. The summed E-state index contributed by atoms with van der Waals surface area (Å²) in [6.45, 7) is 8.80. The van der Waals surface area contributed by atoms with Crippen LogP contribution in [0, 0.1) is 0 Å². The molecule has 1 saturated heterocycles. The molecule has 0 aromatic carbocycles. The molecule has 0 spiro atoms. The average molecular weight is 285 g/mol. The van der Waals surface area contributed by atoms with E-state index >= 15 is 0 Å². The van der Waals surface area contributed by atoms with Crippen LogP contribution >= 0.6 is 0 Å². The maximum absolute atomic E-state index is 5.32. The van der Waals surface area contributed by atoms with E-state index in [1.54, 1.807) is 0 Å². The van der Waals surface area contributed by atoms with E-state index in [1.807, 2.05) is 14.0 Å². The van der Waals surface area contributed by atoms with Gasteiger partial charge in [-0.25, -0.2) is 0 Å². The molecule has 1 heterocycles. The number of nitrogens with one attached hydrogen (secondary N) is 2. The fourth-order valence-electron chi connectivity index (χ4n) is 2.28. The number of ether oxygens (including phenoxy) is 1. The Morgan fingerprint density at radius 2 is 2.10 bits per heavy atom. The molecule has 0 aliphatic carbocycles. The molecule has 1 atom stereocenters. The average Bonchev–Trinajstić information content (AvgIpc) is 2.45. The third kappa shape index (κ3) is 6.54. The molecular weight excluding hydrogens is 254 g/mol. The van der Waals surface area contributed by atoms with Gasteiger partial charge < -0.3 is 20.3 Å². The van der Waals surface area contributed by atoms with E-state index in [-0.39, 0.29) is 0 Å². The van der Waals surface area contributed by atoms with Crippen LogP contribution in [0.1, 0.15) is 13.3 Å². The second-order valence-electron chi connectivity index (χ2n) is 5.33. The maximum Gasteiger partial charge on any atom is 0.191 e. The Morgan fingerprint density at radius 1 is 1.30 bits per heavy atom. The van der Waals surface area contributed by atoms with E-state index in [1.165, 1.54) is 0 Å². The van der Waals surface area contributed by atoms with Gasteiger partial charge in [0.15, 0.2) is 5.96 Å². The van der Waals surface area contributed by atoms with Gasteiger partial charge in [-0.05, 0) is 27.4 Å². The first-order valence-electron chi connectivity index (χ1n) is 7.58. The molecule has 0 aromatic rings. The van der Waals surface area contributed by atoms with E-state index in [2.05, 4.69) is 39.5 Å². The first-order chi connectivity index (χ1) is 9.67. The lowest BCUT2D eigenvalue weighted by atomic mass is 10.2. The summed E-state index contributed by atoms with van der Waals surface area (Å²) in [6, 6.07) is 0.538. The van der Waals surface area contributed by atoms with Crippen LogP contribution in [-0.4, -0.2) is 88.9 Å². The third-order valence-electron chi connectivity index (χ3n) is 3.67. The van der Waals surface area contributed by atoms with Gasteiger partial charge in [0.05, 0.1) is 0 Å². The quantitative estimate of drug-likeness (QED) is 0.386. The monoisotopic (exact) mass is 285 g/mol. The summed E-state index contributed by atoms with van der Waals surface area (Å²) < 4.78 is 5.32. The fourth-order valence-corrected chi connectivity index (χ4v) is 2.28. The van der Waals surface area contributed by atoms with Crippen LogP contribution in [0.5, 0.6) is 0 Å². The summed E-state index contributed by atoms with van der Waals surface area (Å²) in [5.41, 5.74) is 0. The molecule has 1 rings (SSSR count). The van der Waals surface area contributed by atoms with Crippen molar-refractivity contribution in [2.75, 3.05) is 67.1 Å². The van der Waals surface area contributed by atoms with E-state index < -0.39 is 0 Å². The largest absolute Gasteiger partial charge is 0.382 e. The van der Waals surface area contributed by atoms with Gasteiger partial charge in [0.2, 0.25) is 0 Å². The van der Waals surface area contributed by atoms with Crippen molar-refractivity contribution in [2.24, 2.45) is 4.99 Å². The molecule has 6 nitrogen and oxygen atoms in total. The van der Waals surface area contributed by atoms with Crippen molar-refractivity contribution in [3.05, 3.63) is 0 Å². The lowest BCUT2D eigenvalue weighted by Gasteiger charge is -2.37. The first-order valence-corrected chi connectivity index (χ1v) is 7.58. The van der Waals surface area contributed by atoms with Gasteiger partial charge in [-0.3, -0.25) is 9.89 Å². The molecule has 0 radical (unpaired) electrons. The molecule has 0 amide bonds. The number of rotatable bonds is 7. The second kappa shape index (κ2) is 9.96. The molecule has 1 unspecified atom stereocenters. The lowest BCUT2D eigenvalue weighted by Crippen LogP contribution is -2.55. The van der Waals surface area contributed by atoms with E-state index in [0.29, 0.717) is 6.04 Å². The summed E-state index contributed by atoms with van der Waals surface area (Å²) in [5.74, 6) is 0.878. The van der Waals surface area contributed by atoms with Gasteiger partial charge >= 0.3 is 0 Å². The minimum Gasteiger partial charge on any atom is -0.382 e. The number of aliphatic imine (C=N–C) groups is 1. The summed E-state index contributed by atoms with van der Waals surface area (Å²) in [5, 5.41) is 6.73. The van der Waals surface area contributed by atoms with Crippen LogP contribution in [0.15, 0.2) is 4.99 Å². The lowest BCUT2D eigenvalue weighted by molar-refractivity contribution is 0.116. The Labute approximate surface area is 123 Å². The Bertz CT molecular complexity index is 285. The van der Waals surface area contributed by atoms with Crippen LogP contribution < -0.4 is 10.6 Å². The van der Waals surface area contributed by atoms with Crippen LogP contribution in [0.3, 0.4) is 0 Å². The Morgan fingerprint density at radius 3 is 2.80 bits per heavy atom. The van der Waals surface area contributed by atoms with Crippen molar-refractivity contribution >= 4 is 5.96 Å². The predicted octanol–water partition coefficient (Wildman–Crippen LogP) is -0.176. The molecule has 2 N–H and O–H groups in total. The smallest absolute Gasteiger partial charge is 0.191 e. The van der Waals surface area contributed by atoms with Gasteiger partial charge in [0, 0.05) is 59.0 Å². The zero-order valence-electron chi connectivity index (χ0n) is 13.5. The predicted molar refractivity (Wildman–Crippen MR) is 84.4 cm³/mol. The summed E-state index contributed by atoms with van der Waals surface area (Å²) in [7, 11) is 6.19. The number of likely N-dealkylation sites (N-methyl/N-ethyl adjacent to an activating group) is 2. The van der Waals surface area contributed by atoms with Gasteiger partial charge in [-0.15, -0.1) is 0 Å². The van der Waals surface area contributed by atoms with Crippen LogP contribution in [0.25, 0.3) is 0 Å². The van der Waals surface area contributed by atoms with Crippen molar-refractivity contribution < 1.29 is 4.74 Å². The van der Waals surface area contributed by atoms with Crippen molar-refractivity contribution in [1.82, 2.24) is 20.4 Å². The summed E-state index contributed by atoms with van der Waals surface area (Å²) >= 11 is 0. The van der Waals surface area contributed by atoms with Gasteiger partial charge in [-0.1, -0.05) is 0 Å². The van der Waals surface area contributed by atoms with Crippen molar-refractivity contribution in [3.63, 3.8) is 0 Å². The van der Waals surface area contributed by atoms with Gasteiger partial charge in [0.1, 0.15) is 0 Å². The maximum atomic E-state index is 5.32. The number of piperazine rings is 1. The molecule has 1 fully saturated rings. The third-order valence-corrected chi connectivity index (χ3v) is 3.67. The molecule has 118 valence electrons. The molecule has 20 heavy (non-hydrogen) atoms. The molecule has 6 heteroatoms. The molecule has 0 aromatic heterocycles. The van der Waals surface area contributed by atoms with E-state index in [4.69, 9.17) is 4.74 Å². The topological polar surface area (TPSA) is 52.1 Å². The zero-order chi connectivity index (χ0) is 14.8. The summed E-state index contributed by atoms with van der Waals surface area (Å²) in [6.07, 6.45) is 1.00. The Hall–Kier alpha value is -0.850. The zero-order valence-corrected chi connectivity index (χ0v) is 13.5. The van der Waals surface area contributed by atoms with Gasteiger partial charge in [0.25, 0.3) is 0 Å². The highest BCUT2D eigenvalue weighted by atomic mass is 16.5. The van der Waals surface area contributed by atoms with E-state index in [9.17, 15) is 0 Å². The fraction of sp³-hybridized carbons (Fsp3) is 0.929. The normalized spacial score (nSPS) is 22.0. The minimum absolute atomic E-state index is 0.538. The number of nitrogens with zero attached hydrogens (tertiary/aromatic N) is 3. The number of hydrogen-bond donors (Lipinski definition) is 2. The Balaban J connectivity index is 2.20. The van der Waals surface area contributed by atoms with Crippen molar-refractivity contribution in [2.45, 2.75) is 19.4 Å². The van der Waals surface area contributed by atoms with Crippen LogP contribution in [-0.2, 0) is 4.74 Å². The van der Waals surface area contributed by atoms with Crippen molar-refractivity contribution in [3.8, 4) is 0 Å². The van der Waals surface area contributed by atoms with Crippen LogP contribution in [0.4, 0.5) is 0 Å². The highest BCUT2D eigenvalue weighted by Crippen LogP contribution is 2.04. The number of hydrogen-bond acceptors (Lipinski definition) is 4. The van der Waals surface area contributed by atoms with Gasteiger partial charge in [-0.2, -0.15) is 0 Å². The second-order valence-corrected chi connectivity index (χ2v) is 5.33. The molecule has 1 aliphatic rings. The highest BCUT2D eigenvalue weighted by molar-refractivity contribution is 5.79. The van der Waals surface area contributed by atoms with E-state index in [0.717, 1.165) is 58.3 Å². The Kier molecular flexibility index (Phi) is 8.57. The highest BCUT2D eigenvalue weighted by Gasteiger charge is 2.21. The SMILES string of the molecule is CCOCCCNC(=NC)NCC1CN(C)CCN1C. The van der Waals surface area contributed by atoms with Crippen molar-refractivity contribution in [1.29, 1.82) is 0 Å². The van der Waals surface area contributed by atoms with Crippen LogP contribution in [0.2, 0.25) is 0 Å².